The Morgan fingerprint density at radius 3 is 2.54 bits per heavy atom. The van der Waals surface area contributed by atoms with Crippen molar-refractivity contribution in [2.75, 3.05) is 13.7 Å². The van der Waals surface area contributed by atoms with Crippen LogP contribution in [0.15, 0.2) is 29.2 Å². The van der Waals surface area contributed by atoms with E-state index in [1.807, 2.05) is 13.8 Å². The summed E-state index contributed by atoms with van der Waals surface area (Å²) in [6, 6.07) is 6.77. The third-order valence-electron chi connectivity index (χ3n) is 3.62. The van der Waals surface area contributed by atoms with Gasteiger partial charge in [0, 0.05) is 6.04 Å². The fraction of sp³-hybridized carbons (Fsp3) is 0.353. The molecule has 1 aliphatic heterocycles. The Kier molecular flexibility index (Phi) is 6.03. The lowest BCUT2D eigenvalue weighted by molar-refractivity contribution is -0.142. The SMILES string of the molecule is CCC(C)N1C(=O)SC(=Cc2ccc(OCC(=O)OC)cc2)C1=O. The third kappa shape index (κ3) is 4.17. The number of methoxy groups -OCH3 is 1. The minimum atomic E-state index is -0.460. The third-order valence-corrected chi connectivity index (χ3v) is 4.50. The van der Waals surface area contributed by atoms with Gasteiger partial charge < -0.3 is 9.47 Å². The summed E-state index contributed by atoms with van der Waals surface area (Å²) in [7, 11) is 1.29. The maximum Gasteiger partial charge on any atom is 0.343 e. The Hall–Kier alpha value is -2.28. The molecule has 7 heteroatoms. The molecule has 1 unspecified atom stereocenters. The highest BCUT2D eigenvalue weighted by atomic mass is 32.2. The highest BCUT2D eigenvalue weighted by Crippen LogP contribution is 2.34. The Morgan fingerprint density at radius 2 is 1.96 bits per heavy atom. The first kappa shape index (κ1) is 18.1. The van der Waals surface area contributed by atoms with Crippen LogP contribution in [0.3, 0.4) is 0 Å². The van der Waals surface area contributed by atoms with Crippen LogP contribution in [-0.4, -0.2) is 41.8 Å². The van der Waals surface area contributed by atoms with Crippen LogP contribution >= 0.6 is 11.8 Å². The molecular weight excluding hydrogens is 330 g/mol. The zero-order valence-corrected chi connectivity index (χ0v) is 14.6. The molecule has 1 aromatic rings. The molecule has 1 fully saturated rings. The van der Waals surface area contributed by atoms with Crippen LogP contribution in [0.25, 0.3) is 6.08 Å². The molecule has 0 radical (unpaired) electrons. The van der Waals surface area contributed by atoms with E-state index in [-0.39, 0.29) is 23.8 Å². The summed E-state index contributed by atoms with van der Waals surface area (Å²) in [6.45, 7) is 3.63. The van der Waals surface area contributed by atoms with Crippen molar-refractivity contribution in [3.05, 3.63) is 34.7 Å². The second-order valence-electron chi connectivity index (χ2n) is 5.24. The molecule has 1 heterocycles. The molecular formula is C17H19NO5S. The molecule has 0 N–H and O–H groups in total. The average Bonchev–Trinajstić information content (AvgIpc) is 2.87. The topological polar surface area (TPSA) is 72.9 Å². The molecule has 1 aliphatic rings. The highest BCUT2D eigenvalue weighted by molar-refractivity contribution is 8.18. The summed E-state index contributed by atoms with van der Waals surface area (Å²) in [6.07, 6.45) is 2.40. The van der Waals surface area contributed by atoms with E-state index in [1.165, 1.54) is 12.0 Å². The van der Waals surface area contributed by atoms with E-state index in [9.17, 15) is 14.4 Å². The van der Waals surface area contributed by atoms with Gasteiger partial charge in [0.15, 0.2) is 6.61 Å². The number of imide groups is 1. The van der Waals surface area contributed by atoms with E-state index >= 15 is 0 Å². The van der Waals surface area contributed by atoms with Crippen molar-refractivity contribution in [2.24, 2.45) is 0 Å². The maximum absolute atomic E-state index is 12.3. The summed E-state index contributed by atoms with van der Waals surface area (Å²) < 4.78 is 9.75. The van der Waals surface area contributed by atoms with Crippen LogP contribution in [0, 0.1) is 0 Å². The Bertz CT molecular complexity index is 668. The van der Waals surface area contributed by atoms with E-state index in [0.717, 1.165) is 23.7 Å². The molecule has 0 aliphatic carbocycles. The first-order valence-electron chi connectivity index (χ1n) is 7.53. The van der Waals surface area contributed by atoms with Gasteiger partial charge in [0.05, 0.1) is 12.0 Å². The van der Waals surface area contributed by atoms with Gasteiger partial charge in [0.25, 0.3) is 11.1 Å². The summed E-state index contributed by atoms with van der Waals surface area (Å²) >= 11 is 0.948. The van der Waals surface area contributed by atoms with Crippen molar-refractivity contribution in [1.82, 2.24) is 4.90 Å². The van der Waals surface area contributed by atoms with Gasteiger partial charge in [-0.2, -0.15) is 0 Å². The van der Waals surface area contributed by atoms with Crippen molar-refractivity contribution in [3.8, 4) is 5.75 Å². The predicted octanol–water partition coefficient (Wildman–Crippen LogP) is 3.07. The van der Waals surface area contributed by atoms with E-state index in [1.54, 1.807) is 30.3 Å². The smallest absolute Gasteiger partial charge is 0.343 e. The Labute approximate surface area is 144 Å². The fourth-order valence-electron chi connectivity index (χ4n) is 2.06. The zero-order chi connectivity index (χ0) is 17.7. The normalized spacial score (nSPS) is 17.3. The summed E-state index contributed by atoms with van der Waals surface area (Å²) in [4.78, 5) is 37.0. The van der Waals surface area contributed by atoms with Crippen LogP contribution in [0.5, 0.6) is 5.75 Å². The van der Waals surface area contributed by atoms with E-state index in [0.29, 0.717) is 10.7 Å². The number of amides is 2. The molecule has 6 nitrogen and oxygen atoms in total. The molecule has 2 rings (SSSR count). The van der Waals surface area contributed by atoms with Crippen molar-refractivity contribution in [1.29, 1.82) is 0 Å². The summed E-state index contributed by atoms with van der Waals surface area (Å²) in [5, 5.41) is -0.237. The number of hydrogen-bond donors (Lipinski definition) is 0. The molecule has 0 aromatic heterocycles. The minimum absolute atomic E-state index is 0.113. The molecule has 0 spiro atoms. The molecule has 24 heavy (non-hydrogen) atoms. The second-order valence-corrected chi connectivity index (χ2v) is 6.24. The number of esters is 1. The van der Waals surface area contributed by atoms with Gasteiger partial charge in [-0.25, -0.2) is 4.79 Å². The summed E-state index contributed by atoms with van der Waals surface area (Å²) in [5.74, 6) is -0.201. The molecule has 128 valence electrons. The van der Waals surface area contributed by atoms with E-state index in [4.69, 9.17) is 4.74 Å². The lowest BCUT2D eigenvalue weighted by Crippen LogP contribution is -2.36. The lowest BCUT2D eigenvalue weighted by atomic mass is 10.2. The first-order valence-corrected chi connectivity index (χ1v) is 8.34. The number of carbonyl (C=O) groups excluding carboxylic acids is 3. The molecule has 2 amide bonds. The van der Waals surface area contributed by atoms with Gasteiger partial charge in [-0.15, -0.1) is 0 Å². The van der Waals surface area contributed by atoms with Crippen molar-refractivity contribution in [2.45, 2.75) is 26.3 Å². The van der Waals surface area contributed by atoms with Crippen LogP contribution in [0.2, 0.25) is 0 Å². The van der Waals surface area contributed by atoms with Crippen LogP contribution in [-0.2, 0) is 14.3 Å². The molecule has 1 saturated heterocycles. The highest BCUT2D eigenvalue weighted by Gasteiger charge is 2.37. The summed E-state index contributed by atoms with van der Waals surface area (Å²) in [5.41, 5.74) is 0.773. The lowest BCUT2D eigenvalue weighted by Gasteiger charge is -2.19. The quantitative estimate of drug-likeness (QED) is 0.580. The van der Waals surface area contributed by atoms with Gasteiger partial charge in [0.2, 0.25) is 0 Å². The van der Waals surface area contributed by atoms with E-state index < -0.39 is 5.97 Å². The van der Waals surface area contributed by atoms with Gasteiger partial charge in [-0.05, 0) is 48.9 Å². The standard InChI is InChI=1S/C17H19NO5S/c1-4-11(2)18-16(20)14(24-17(18)21)9-12-5-7-13(8-6-12)23-10-15(19)22-3/h5-9,11H,4,10H2,1-3H3. The van der Waals surface area contributed by atoms with Gasteiger partial charge in [-0.3, -0.25) is 14.5 Å². The van der Waals surface area contributed by atoms with Gasteiger partial charge >= 0.3 is 5.97 Å². The number of rotatable bonds is 6. The van der Waals surface area contributed by atoms with Crippen molar-refractivity contribution >= 4 is 35.0 Å². The van der Waals surface area contributed by atoms with Crippen molar-refractivity contribution in [3.63, 3.8) is 0 Å². The van der Waals surface area contributed by atoms with Crippen LogP contribution in [0.4, 0.5) is 4.79 Å². The predicted molar refractivity (Wildman–Crippen MR) is 91.5 cm³/mol. The largest absolute Gasteiger partial charge is 0.482 e. The number of thioether (sulfide) groups is 1. The monoisotopic (exact) mass is 349 g/mol. The first-order chi connectivity index (χ1) is 11.5. The zero-order valence-electron chi connectivity index (χ0n) is 13.8. The van der Waals surface area contributed by atoms with Gasteiger partial charge in [0.1, 0.15) is 5.75 Å². The number of benzene rings is 1. The molecule has 0 saturated carbocycles. The van der Waals surface area contributed by atoms with Crippen LogP contribution in [0.1, 0.15) is 25.8 Å². The molecule has 0 bridgehead atoms. The Morgan fingerprint density at radius 1 is 1.29 bits per heavy atom. The van der Waals surface area contributed by atoms with Crippen LogP contribution < -0.4 is 4.74 Å². The van der Waals surface area contributed by atoms with Crippen molar-refractivity contribution < 1.29 is 23.9 Å². The number of hydrogen-bond acceptors (Lipinski definition) is 6. The number of nitrogens with zero attached hydrogens (tertiary/aromatic N) is 1. The average molecular weight is 349 g/mol. The van der Waals surface area contributed by atoms with E-state index in [2.05, 4.69) is 4.74 Å². The second kappa shape index (κ2) is 8.01. The molecule has 1 atom stereocenters. The Balaban J connectivity index is 2.07. The fourth-order valence-corrected chi connectivity index (χ4v) is 2.99. The molecule has 1 aromatic carbocycles. The maximum atomic E-state index is 12.3. The minimum Gasteiger partial charge on any atom is -0.482 e. The number of carbonyl (C=O) groups is 3. The van der Waals surface area contributed by atoms with Gasteiger partial charge in [-0.1, -0.05) is 19.1 Å². The number of ether oxygens (including phenoxy) is 2.